The molecule has 13 nitrogen and oxygen atoms in total. The van der Waals surface area contributed by atoms with Crippen molar-refractivity contribution in [2.24, 2.45) is 5.73 Å². The zero-order valence-corrected chi connectivity index (χ0v) is 19.9. The first-order chi connectivity index (χ1) is 14.1. The van der Waals surface area contributed by atoms with Crippen molar-refractivity contribution >= 4 is 43.7 Å². The van der Waals surface area contributed by atoms with Crippen LogP contribution < -0.4 is 5.73 Å². The molecule has 1 rings (SSSR count). The van der Waals surface area contributed by atoms with Gasteiger partial charge in [0.05, 0.1) is 19.6 Å². The smallest absolute Gasteiger partial charge is 0.480 e. The number of rotatable bonds is 9. The molecule has 31 heavy (non-hydrogen) atoms. The van der Waals surface area contributed by atoms with Gasteiger partial charge in [0, 0.05) is 58.9 Å². The van der Waals surface area contributed by atoms with Crippen LogP contribution in [0.25, 0.3) is 0 Å². The fourth-order valence-corrected chi connectivity index (χ4v) is 3.17. The van der Waals surface area contributed by atoms with Gasteiger partial charge in [0.1, 0.15) is 6.04 Å². The van der Waals surface area contributed by atoms with E-state index in [1.54, 1.807) is 19.6 Å². The molecule has 6 N–H and O–H groups in total. The molecule has 14 heteroatoms. The van der Waals surface area contributed by atoms with E-state index in [0.717, 1.165) is 0 Å². The van der Waals surface area contributed by atoms with Crippen LogP contribution in [0.1, 0.15) is 0 Å². The van der Waals surface area contributed by atoms with Gasteiger partial charge >= 0.3 is 43.7 Å². The third-order valence-electron chi connectivity index (χ3n) is 4.78. The van der Waals surface area contributed by atoms with Gasteiger partial charge in [-0.3, -0.25) is 38.8 Å². The number of nitrogens with two attached hydrogens (primary N) is 1. The van der Waals surface area contributed by atoms with Gasteiger partial charge in [-0.1, -0.05) is 0 Å². The van der Waals surface area contributed by atoms with Crippen molar-refractivity contribution in [1.29, 1.82) is 0 Å². The summed E-state index contributed by atoms with van der Waals surface area (Å²) in [7, 11) is 0. The maximum absolute atomic E-state index is 11.2. The maximum atomic E-state index is 11.2. The first-order valence-electron chi connectivity index (χ1n) is 9.60. The number of hydrogen-bond donors (Lipinski definition) is 5. The molecule has 1 fully saturated rings. The van der Waals surface area contributed by atoms with Gasteiger partial charge in [0.25, 0.3) is 0 Å². The molecule has 1 atom stereocenters. The van der Waals surface area contributed by atoms with Crippen molar-refractivity contribution in [3.63, 3.8) is 0 Å². The molecule has 0 spiro atoms. The molecule has 0 aromatic heterocycles. The van der Waals surface area contributed by atoms with Crippen LogP contribution in [0.5, 0.6) is 0 Å². The summed E-state index contributed by atoms with van der Waals surface area (Å²) >= 11 is 0. The number of carbonyl (C=O) groups is 4. The molecule has 1 heterocycles. The second kappa shape index (κ2) is 15.2. The number of hydrogen-bond acceptors (Lipinski definition) is 9. The van der Waals surface area contributed by atoms with Gasteiger partial charge in [-0.15, -0.1) is 0 Å². The zero-order chi connectivity index (χ0) is 22.7. The molecule has 0 unspecified atom stereocenters. The summed E-state index contributed by atoms with van der Waals surface area (Å²) in [6.45, 7) is 1.87. The maximum Gasteiger partial charge on any atom is 3.00 e. The first kappa shape index (κ1) is 29.3. The van der Waals surface area contributed by atoms with E-state index in [1.165, 1.54) is 0 Å². The molecular weight excluding hydrogens is 470 g/mol. The van der Waals surface area contributed by atoms with Crippen molar-refractivity contribution in [3.05, 3.63) is 0 Å². The first-order valence-corrected chi connectivity index (χ1v) is 9.60. The predicted octanol–water partition coefficient (Wildman–Crippen LogP) is -3.51. The minimum Gasteiger partial charge on any atom is -0.480 e. The van der Waals surface area contributed by atoms with Gasteiger partial charge in [-0.25, -0.2) is 0 Å². The van der Waals surface area contributed by atoms with E-state index in [4.69, 9.17) is 26.2 Å². The minimum atomic E-state index is -1.16. The Morgan fingerprint density at radius 1 is 0.613 bits per heavy atom. The van der Waals surface area contributed by atoms with E-state index < -0.39 is 29.9 Å². The molecule has 172 valence electrons. The third kappa shape index (κ3) is 13.4. The van der Waals surface area contributed by atoms with E-state index in [-0.39, 0.29) is 46.0 Å². The quantitative estimate of drug-likeness (QED) is 0.196. The van der Waals surface area contributed by atoms with Crippen molar-refractivity contribution < 1.29 is 39.6 Å². The summed E-state index contributed by atoms with van der Waals surface area (Å²) in [5, 5.41) is 36.5. The van der Waals surface area contributed by atoms with E-state index in [0.29, 0.717) is 52.4 Å². The largest absolute Gasteiger partial charge is 3.00 e. The summed E-state index contributed by atoms with van der Waals surface area (Å²) < 4.78 is 0. The average molecular weight is 501 g/mol. The Morgan fingerprint density at radius 3 is 1.10 bits per heavy atom. The van der Waals surface area contributed by atoms with Crippen LogP contribution in [0.4, 0.5) is 0 Å². The summed E-state index contributed by atoms with van der Waals surface area (Å²) in [6, 6.07) is -1.12. The molecule has 0 radical (unpaired) electrons. The van der Waals surface area contributed by atoms with Gasteiger partial charge in [-0.05, 0) is 0 Å². The van der Waals surface area contributed by atoms with Crippen molar-refractivity contribution in [1.82, 2.24) is 19.6 Å². The standard InChI is InChI=1S/C17H31N5O8.Ga/c18-13(17(29)30)9-19-1-3-20(10-14(23)24)5-7-22(12-16(27)28)8-6-21(4-2-19)11-15(25)26;/h13H,1-12,18H2,(H,23,24)(H,25,26)(H,27,28)(H,29,30);/q;+3/t13-;/m1./s1/i;1-2. The average Bonchev–Trinajstić information content (AvgIpc) is 2.62. The fraction of sp³-hybridized carbons (Fsp3) is 0.765. The fourth-order valence-electron chi connectivity index (χ4n) is 3.17. The summed E-state index contributed by atoms with van der Waals surface area (Å²) in [6.07, 6.45) is 0. The summed E-state index contributed by atoms with van der Waals surface area (Å²) in [4.78, 5) is 51.3. The van der Waals surface area contributed by atoms with E-state index in [1.807, 2.05) is 0 Å². The molecule has 1 aliphatic heterocycles. The minimum absolute atomic E-state index is 0. The van der Waals surface area contributed by atoms with Gasteiger partial charge < -0.3 is 26.2 Å². The number of aliphatic carboxylic acids is 4. The van der Waals surface area contributed by atoms with Crippen LogP contribution in [0.2, 0.25) is 0 Å². The Hall–Kier alpha value is -1.68. The molecule has 0 bridgehead atoms. The molecule has 1 aliphatic rings. The van der Waals surface area contributed by atoms with Crippen molar-refractivity contribution in [2.45, 2.75) is 6.04 Å². The van der Waals surface area contributed by atoms with Gasteiger partial charge in [-0.2, -0.15) is 0 Å². The molecule has 1 saturated heterocycles. The third-order valence-corrected chi connectivity index (χ3v) is 4.78. The SMILES string of the molecule is N[C@H](CN1CCN(CC(=O)O)CCN(CC(=O)O)CCN(CC(=O)O)CC1)C(=O)O.[68Ga+3]. The molecule has 0 amide bonds. The van der Waals surface area contributed by atoms with E-state index in [9.17, 15) is 19.2 Å². The Kier molecular flexibility index (Phi) is 14.3. The molecule has 0 aromatic rings. The van der Waals surface area contributed by atoms with Crippen LogP contribution in [0.15, 0.2) is 0 Å². The summed E-state index contributed by atoms with van der Waals surface area (Å²) in [5.74, 6) is -4.22. The predicted molar refractivity (Wildman–Crippen MR) is 110 cm³/mol. The van der Waals surface area contributed by atoms with E-state index >= 15 is 0 Å². The molecule has 0 aromatic carbocycles. The monoisotopic (exact) mass is 501 g/mol. The Balaban J connectivity index is 0.00000900. The van der Waals surface area contributed by atoms with Crippen LogP contribution in [-0.4, -0.2) is 168 Å². The Bertz CT molecular complexity index is 579. The number of carboxylic acids is 4. The van der Waals surface area contributed by atoms with Gasteiger partial charge in [0.15, 0.2) is 0 Å². The normalized spacial score (nSPS) is 19.4. The van der Waals surface area contributed by atoms with Crippen LogP contribution >= 0.6 is 0 Å². The van der Waals surface area contributed by atoms with Crippen molar-refractivity contribution in [2.75, 3.05) is 78.5 Å². The molecule has 0 saturated carbocycles. The Labute approximate surface area is 193 Å². The van der Waals surface area contributed by atoms with Crippen LogP contribution in [0.3, 0.4) is 0 Å². The molecular formula is C17H31GaN5O8+3. The van der Waals surface area contributed by atoms with Crippen LogP contribution in [-0.2, 0) is 19.2 Å². The van der Waals surface area contributed by atoms with Gasteiger partial charge in [0.2, 0.25) is 0 Å². The second-order valence-electron chi connectivity index (χ2n) is 7.25. The topological polar surface area (TPSA) is 188 Å². The number of carboxylic acid groups (broad SMARTS) is 4. The summed E-state index contributed by atoms with van der Waals surface area (Å²) in [5.41, 5.74) is 5.64. The van der Waals surface area contributed by atoms with E-state index in [2.05, 4.69) is 0 Å². The zero-order valence-electron chi connectivity index (χ0n) is 17.4. The number of nitrogens with zero attached hydrogens (tertiary/aromatic N) is 4. The Morgan fingerprint density at radius 2 is 0.871 bits per heavy atom. The van der Waals surface area contributed by atoms with Crippen molar-refractivity contribution in [3.8, 4) is 0 Å². The second-order valence-corrected chi connectivity index (χ2v) is 7.25. The molecule has 0 aliphatic carbocycles. The van der Waals surface area contributed by atoms with Crippen LogP contribution in [0, 0.1) is 0 Å².